The van der Waals surface area contributed by atoms with E-state index in [1.54, 1.807) is 6.07 Å². The Morgan fingerprint density at radius 2 is 1.63 bits per heavy atom. The van der Waals surface area contributed by atoms with Gasteiger partial charge in [-0.05, 0) is 109 Å². The maximum absolute atomic E-state index is 16.1. The van der Waals surface area contributed by atoms with Gasteiger partial charge in [0.15, 0.2) is 0 Å². The van der Waals surface area contributed by atoms with Gasteiger partial charge in [0.25, 0.3) is 0 Å². The van der Waals surface area contributed by atoms with Crippen molar-refractivity contribution in [2.24, 2.45) is 23.2 Å². The number of fused-ring (bicyclic) bond motifs is 5. The number of alkyl halides is 1. The first-order chi connectivity index (χ1) is 22.3. The molecule has 6 rings (SSSR count). The van der Waals surface area contributed by atoms with Crippen molar-refractivity contribution in [1.29, 1.82) is 0 Å². The normalized spacial score (nSPS) is 28.2. The molecule has 0 aromatic heterocycles. The van der Waals surface area contributed by atoms with Crippen LogP contribution in [0.15, 0.2) is 78.9 Å². The van der Waals surface area contributed by atoms with Crippen molar-refractivity contribution < 1.29 is 19.4 Å². The molecule has 0 bridgehead atoms. The van der Waals surface area contributed by atoms with Crippen molar-refractivity contribution in [1.82, 2.24) is 4.90 Å². The Labute approximate surface area is 275 Å². The minimum Gasteiger partial charge on any atom is -0.508 e. The van der Waals surface area contributed by atoms with Gasteiger partial charge in [-0.1, -0.05) is 92.9 Å². The molecule has 0 saturated heterocycles. The van der Waals surface area contributed by atoms with E-state index in [0.717, 1.165) is 81.9 Å². The highest BCUT2D eigenvalue weighted by atomic mass is 19.1. The highest BCUT2D eigenvalue weighted by molar-refractivity contribution is 5.76. The molecule has 2 fully saturated rings. The van der Waals surface area contributed by atoms with Gasteiger partial charge in [0.2, 0.25) is 5.91 Å². The van der Waals surface area contributed by atoms with E-state index in [1.165, 1.54) is 11.1 Å². The van der Waals surface area contributed by atoms with Crippen molar-refractivity contribution in [3.8, 4) is 5.75 Å². The maximum atomic E-state index is 16.1. The van der Waals surface area contributed by atoms with Crippen LogP contribution >= 0.6 is 0 Å². The fourth-order valence-corrected chi connectivity index (χ4v) is 9.44. The number of benzene rings is 3. The molecular formula is C41H52FNO3. The van der Waals surface area contributed by atoms with Crippen molar-refractivity contribution in [2.75, 3.05) is 6.54 Å². The van der Waals surface area contributed by atoms with E-state index in [0.29, 0.717) is 31.2 Å². The Balaban J connectivity index is 1.04. The van der Waals surface area contributed by atoms with Crippen molar-refractivity contribution in [3.63, 3.8) is 0 Å². The number of aryl methyl sites for hydroxylation is 1. The zero-order valence-corrected chi connectivity index (χ0v) is 27.5. The van der Waals surface area contributed by atoms with E-state index < -0.39 is 12.3 Å². The van der Waals surface area contributed by atoms with E-state index in [2.05, 4.69) is 43.3 Å². The molecule has 246 valence electrons. The summed E-state index contributed by atoms with van der Waals surface area (Å²) in [5.41, 5.74) is 4.29. The molecule has 3 aliphatic carbocycles. The van der Waals surface area contributed by atoms with Gasteiger partial charge in [-0.2, -0.15) is 0 Å². The van der Waals surface area contributed by atoms with Crippen LogP contribution in [-0.4, -0.2) is 39.8 Å². The number of halogens is 1. The van der Waals surface area contributed by atoms with Crippen LogP contribution in [0.25, 0.3) is 0 Å². The number of aliphatic hydroxyl groups is 1. The van der Waals surface area contributed by atoms with Gasteiger partial charge in [0.1, 0.15) is 11.9 Å². The number of amides is 1. The van der Waals surface area contributed by atoms with E-state index in [4.69, 9.17) is 0 Å². The van der Waals surface area contributed by atoms with Gasteiger partial charge in [0.05, 0.1) is 6.10 Å². The van der Waals surface area contributed by atoms with Crippen LogP contribution in [0.2, 0.25) is 0 Å². The molecule has 46 heavy (non-hydrogen) atoms. The molecule has 2 N–H and O–H groups in total. The summed E-state index contributed by atoms with van der Waals surface area (Å²) < 4.78 is 16.1. The Kier molecular flexibility index (Phi) is 10.5. The van der Waals surface area contributed by atoms with Gasteiger partial charge < -0.3 is 15.1 Å². The van der Waals surface area contributed by atoms with Crippen molar-refractivity contribution >= 4 is 5.91 Å². The number of hydrogen-bond donors (Lipinski definition) is 2. The van der Waals surface area contributed by atoms with Gasteiger partial charge in [0, 0.05) is 25.4 Å². The number of rotatable bonds is 13. The summed E-state index contributed by atoms with van der Waals surface area (Å²) in [7, 11) is 0. The average molecular weight is 626 g/mol. The fraction of sp³-hybridized carbons (Fsp3) is 0.537. The summed E-state index contributed by atoms with van der Waals surface area (Å²) in [6, 6.07) is 26.2. The molecule has 0 radical (unpaired) electrons. The van der Waals surface area contributed by atoms with Crippen LogP contribution in [0.4, 0.5) is 4.39 Å². The minimum absolute atomic E-state index is 0.142. The summed E-state index contributed by atoms with van der Waals surface area (Å²) in [6.45, 7) is 3.55. The molecule has 2 saturated carbocycles. The molecule has 0 heterocycles. The first-order valence-electron chi connectivity index (χ1n) is 17.8. The van der Waals surface area contributed by atoms with Crippen LogP contribution in [0.5, 0.6) is 5.75 Å². The second-order valence-electron chi connectivity index (χ2n) is 14.7. The Hall–Kier alpha value is -3.18. The highest BCUT2D eigenvalue weighted by Crippen LogP contribution is 2.63. The molecule has 3 aromatic carbocycles. The van der Waals surface area contributed by atoms with Crippen LogP contribution in [-0.2, 0) is 24.2 Å². The molecular weight excluding hydrogens is 573 g/mol. The van der Waals surface area contributed by atoms with Crippen LogP contribution in [0.3, 0.4) is 0 Å². The number of aromatic hydroxyl groups is 1. The number of nitrogens with zero attached hydrogens (tertiary/aromatic N) is 1. The first-order valence-corrected chi connectivity index (χ1v) is 17.8. The number of unbranched alkanes of at least 4 members (excludes halogenated alkanes) is 3. The van der Waals surface area contributed by atoms with E-state index >= 15 is 4.39 Å². The third-order valence-electron chi connectivity index (χ3n) is 11.8. The standard InChI is InChI=1S/C41H52FNO3/c1-41-27-36(42)40-34-21-20-33(44)26-32(34)25-31(39(40)35(41)22-23-37(41)45)18-10-2-3-11-24-43(28-30-15-8-5-9-16-30)38(46)19-12-17-29-13-6-4-7-14-29/h4-9,13-16,20-21,26,31,35-37,39-40,44-45H,2-3,10-12,17-19,22-25,27-28H2,1H3/t31-,35?,36+,37+,39?,40?,41+/m1/s1. The molecule has 5 heteroatoms. The second-order valence-corrected chi connectivity index (χ2v) is 14.7. The zero-order chi connectivity index (χ0) is 32.1. The second kappa shape index (κ2) is 14.7. The fourth-order valence-electron chi connectivity index (χ4n) is 9.44. The largest absolute Gasteiger partial charge is 0.508 e. The number of carbonyl (C=O) groups is 1. The quantitative estimate of drug-likeness (QED) is 0.187. The average Bonchev–Trinajstić information content (AvgIpc) is 3.35. The summed E-state index contributed by atoms with van der Waals surface area (Å²) in [5, 5.41) is 21.2. The lowest BCUT2D eigenvalue weighted by Gasteiger charge is -2.54. The van der Waals surface area contributed by atoms with Crippen molar-refractivity contribution in [2.45, 2.75) is 109 Å². The van der Waals surface area contributed by atoms with Gasteiger partial charge in [-0.15, -0.1) is 0 Å². The summed E-state index contributed by atoms with van der Waals surface area (Å²) in [4.78, 5) is 15.4. The summed E-state index contributed by atoms with van der Waals surface area (Å²) >= 11 is 0. The Bertz CT molecular complexity index is 1430. The van der Waals surface area contributed by atoms with Gasteiger partial charge >= 0.3 is 0 Å². The molecule has 3 aliphatic rings. The number of phenolic OH excluding ortho intramolecular Hbond substituents is 1. The topological polar surface area (TPSA) is 60.8 Å². The summed E-state index contributed by atoms with van der Waals surface area (Å²) in [6.07, 6.45) is 9.26. The predicted octanol–water partition coefficient (Wildman–Crippen LogP) is 8.79. The number of hydrogen-bond acceptors (Lipinski definition) is 3. The Morgan fingerprint density at radius 3 is 2.39 bits per heavy atom. The smallest absolute Gasteiger partial charge is 0.222 e. The number of aliphatic hydroxyl groups excluding tert-OH is 1. The number of carbonyl (C=O) groups excluding carboxylic acids is 1. The molecule has 3 unspecified atom stereocenters. The van der Waals surface area contributed by atoms with E-state index in [9.17, 15) is 15.0 Å². The third kappa shape index (κ3) is 7.20. The van der Waals surface area contributed by atoms with Gasteiger partial charge in [-0.25, -0.2) is 4.39 Å². The monoisotopic (exact) mass is 625 g/mol. The lowest BCUT2D eigenvalue weighted by Crippen LogP contribution is -2.51. The maximum Gasteiger partial charge on any atom is 0.222 e. The minimum atomic E-state index is -0.967. The van der Waals surface area contributed by atoms with E-state index in [1.807, 2.05) is 41.3 Å². The molecule has 0 aliphatic heterocycles. The third-order valence-corrected chi connectivity index (χ3v) is 11.8. The number of phenols is 1. The molecule has 0 spiro atoms. The summed E-state index contributed by atoms with van der Waals surface area (Å²) in [5.74, 6) is 1.28. The molecule has 4 nitrogen and oxygen atoms in total. The van der Waals surface area contributed by atoms with Crippen LogP contribution in [0.1, 0.15) is 99.3 Å². The van der Waals surface area contributed by atoms with Crippen molar-refractivity contribution in [3.05, 3.63) is 101 Å². The zero-order valence-electron chi connectivity index (χ0n) is 27.5. The SMILES string of the molecule is C[C@]12C[C@H](F)C3c4ccc(O)cc4C[C@@H](CCCCCCN(Cc4ccccc4)C(=O)CCCc4ccccc4)C3C1CC[C@@H]2O. The lowest BCUT2D eigenvalue weighted by molar-refractivity contribution is -0.132. The predicted molar refractivity (Wildman–Crippen MR) is 182 cm³/mol. The molecule has 1 amide bonds. The lowest BCUT2D eigenvalue weighted by atomic mass is 9.51. The molecule has 3 aromatic rings. The van der Waals surface area contributed by atoms with Crippen LogP contribution < -0.4 is 0 Å². The molecule has 7 atom stereocenters. The van der Waals surface area contributed by atoms with Crippen LogP contribution in [0, 0.1) is 23.2 Å². The first kappa shape index (κ1) is 32.7. The van der Waals surface area contributed by atoms with E-state index in [-0.39, 0.29) is 28.9 Å². The Morgan fingerprint density at radius 1 is 0.913 bits per heavy atom. The van der Waals surface area contributed by atoms with Gasteiger partial charge in [-0.3, -0.25) is 4.79 Å². The highest BCUT2D eigenvalue weighted by Gasteiger charge is 2.59.